The van der Waals surface area contributed by atoms with Crippen molar-refractivity contribution in [2.45, 2.75) is 52.3 Å². The molecule has 0 aromatic carbocycles. The summed E-state index contributed by atoms with van der Waals surface area (Å²) in [4.78, 5) is 2.22. The molecule has 0 aromatic rings. The van der Waals surface area contributed by atoms with Crippen molar-refractivity contribution in [1.29, 1.82) is 0 Å². The van der Waals surface area contributed by atoms with Crippen molar-refractivity contribution >= 4 is 15.7 Å². The van der Waals surface area contributed by atoms with Crippen LogP contribution in [0.25, 0.3) is 0 Å². The molecule has 0 bridgehead atoms. The van der Waals surface area contributed by atoms with Crippen molar-refractivity contribution in [2.24, 2.45) is 11.3 Å². The summed E-state index contributed by atoms with van der Waals surface area (Å²) >= 11 is 0. The van der Waals surface area contributed by atoms with E-state index in [9.17, 15) is 0 Å². The fraction of sp³-hybridized carbons (Fsp3) is 1.00. The Balaban J connectivity index is 2.50. The minimum absolute atomic E-state index is 0.410. The van der Waals surface area contributed by atoms with E-state index in [4.69, 9.17) is 15.7 Å². The molecule has 4 radical (unpaired) electrons. The molecule has 82 valence electrons. The van der Waals surface area contributed by atoms with E-state index >= 15 is 0 Å². The van der Waals surface area contributed by atoms with Gasteiger partial charge in [-0.25, -0.2) is 0 Å². The quantitative estimate of drug-likeness (QED) is 0.621. The Hall–Kier alpha value is 0.0899. The van der Waals surface area contributed by atoms with Crippen LogP contribution in [0.1, 0.15) is 47.0 Å². The molecule has 1 rings (SSSR count). The first-order chi connectivity index (χ1) is 6.68. The third-order valence-electron chi connectivity index (χ3n) is 3.10. The first-order valence-electron chi connectivity index (χ1n) is 6.01. The van der Waals surface area contributed by atoms with Gasteiger partial charge in [0, 0.05) is 0 Å². The van der Waals surface area contributed by atoms with Crippen LogP contribution in [0.2, 0.25) is 0 Å². The van der Waals surface area contributed by atoms with Crippen LogP contribution in [0, 0.1) is 11.3 Å². The molecule has 1 atom stereocenters. The van der Waals surface area contributed by atoms with Gasteiger partial charge in [-0.05, 0) is 43.7 Å². The van der Waals surface area contributed by atoms with Gasteiger partial charge in [0.25, 0.3) is 0 Å². The monoisotopic (exact) mass is 203 g/mol. The maximum atomic E-state index is 5.94. The van der Waals surface area contributed by atoms with Gasteiger partial charge < -0.3 is 4.90 Å². The molecule has 0 aromatic heterocycles. The molecule has 0 amide bonds. The van der Waals surface area contributed by atoms with E-state index in [1.807, 2.05) is 6.92 Å². The third kappa shape index (κ3) is 4.63. The first-order valence-corrected chi connectivity index (χ1v) is 6.01. The average Bonchev–Trinajstić information content (AvgIpc) is 1.99. The molecule has 1 aliphatic heterocycles. The Morgan fingerprint density at radius 1 is 1.20 bits per heavy atom. The molecule has 15 heavy (non-hydrogen) atoms. The van der Waals surface area contributed by atoms with Crippen LogP contribution in [-0.4, -0.2) is 39.0 Å². The zero-order valence-electron chi connectivity index (χ0n) is 10.7. The van der Waals surface area contributed by atoms with Crippen molar-refractivity contribution < 1.29 is 0 Å². The Morgan fingerprint density at radius 3 is 2.27 bits per heavy atom. The summed E-state index contributed by atoms with van der Waals surface area (Å²) in [5.41, 5.74) is 0.410. The van der Waals surface area contributed by atoms with Crippen molar-refractivity contribution in [3.05, 3.63) is 0 Å². The molecule has 1 unspecified atom stereocenters. The predicted molar refractivity (Wildman–Crippen MR) is 68.3 cm³/mol. The number of hydrogen-bond donors (Lipinski definition) is 0. The molecular weight excluding hydrogens is 180 g/mol. The van der Waals surface area contributed by atoms with Crippen molar-refractivity contribution in [3.8, 4) is 0 Å². The minimum Gasteiger partial charge on any atom is -0.315 e. The number of rotatable bonds is 2. The Bertz CT molecular complexity index is 203. The summed E-state index contributed by atoms with van der Waals surface area (Å²) in [6.45, 7) is 10.9. The molecule has 1 fully saturated rings. The summed E-state index contributed by atoms with van der Waals surface area (Å²) in [7, 11) is 11.9. The zero-order chi connectivity index (χ0) is 11.7. The third-order valence-corrected chi connectivity index (χ3v) is 3.10. The molecule has 1 heterocycles. The highest BCUT2D eigenvalue weighted by molar-refractivity contribution is 6.39. The molecular formula is C12H23B2N. The van der Waals surface area contributed by atoms with E-state index in [0.29, 0.717) is 5.41 Å². The lowest BCUT2D eigenvalue weighted by Gasteiger charge is -2.44. The van der Waals surface area contributed by atoms with Gasteiger partial charge in [-0.15, -0.1) is 0 Å². The zero-order valence-corrected chi connectivity index (χ0v) is 10.7. The summed E-state index contributed by atoms with van der Waals surface area (Å²) in [5.74, 6) is 0.755. The van der Waals surface area contributed by atoms with Gasteiger partial charge in [0.1, 0.15) is 0 Å². The minimum atomic E-state index is -0.642. The lowest BCUT2D eigenvalue weighted by molar-refractivity contribution is 0.120. The van der Waals surface area contributed by atoms with Crippen LogP contribution in [-0.2, 0) is 0 Å². The SMILES string of the molecule is [B]C([B])(C)N1CCCC(CC(C)(C)C)C1. The largest absolute Gasteiger partial charge is 0.315 e. The maximum Gasteiger partial charge on any atom is 0.0820 e. The molecule has 1 saturated heterocycles. The van der Waals surface area contributed by atoms with Gasteiger partial charge in [-0.2, -0.15) is 0 Å². The molecule has 1 aliphatic rings. The van der Waals surface area contributed by atoms with Crippen LogP contribution in [0.4, 0.5) is 0 Å². The second-order valence-corrected chi connectivity index (χ2v) is 6.44. The van der Waals surface area contributed by atoms with E-state index in [1.165, 1.54) is 19.3 Å². The Labute approximate surface area is 97.8 Å². The van der Waals surface area contributed by atoms with Crippen LogP contribution >= 0.6 is 0 Å². The first kappa shape index (κ1) is 13.2. The molecule has 0 saturated carbocycles. The fourth-order valence-electron chi connectivity index (χ4n) is 2.54. The van der Waals surface area contributed by atoms with Gasteiger partial charge in [0.05, 0.1) is 15.7 Å². The standard InChI is InChI=1S/C12H23B2N/c1-11(2,3)8-10-6-5-7-15(9-10)12(4,13)14/h10H,5-9H2,1-4H3. The van der Waals surface area contributed by atoms with Gasteiger partial charge >= 0.3 is 0 Å². The average molecular weight is 203 g/mol. The number of likely N-dealkylation sites (tertiary alicyclic amines) is 1. The summed E-state index contributed by atoms with van der Waals surface area (Å²) in [6.07, 6.45) is 3.81. The predicted octanol–water partition coefficient (Wildman–Crippen LogP) is 2.15. The molecule has 0 spiro atoms. The maximum absolute atomic E-state index is 5.94. The molecule has 1 nitrogen and oxygen atoms in total. The van der Waals surface area contributed by atoms with Crippen molar-refractivity contribution in [2.75, 3.05) is 13.1 Å². The highest BCUT2D eigenvalue weighted by Crippen LogP contribution is 2.31. The normalized spacial score (nSPS) is 25.5. The number of hydrogen-bond acceptors (Lipinski definition) is 1. The lowest BCUT2D eigenvalue weighted by Crippen LogP contribution is -2.52. The van der Waals surface area contributed by atoms with Crippen LogP contribution < -0.4 is 0 Å². The molecule has 0 aliphatic carbocycles. The topological polar surface area (TPSA) is 3.24 Å². The van der Waals surface area contributed by atoms with Gasteiger partial charge in [-0.3, -0.25) is 0 Å². The van der Waals surface area contributed by atoms with Crippen molar-refractivity contribution in [3.63, 3.8) is 0 Å². The number of nitrogens with zero attached hydrogens (tertiary/aromatic N) is 1. The van der Waals surface area contributed by atoms with Gasteiger partial charge in [-0.1, -0.05) is 33.0 Å². The van der Waals surface area contributed by atoms with E-state index in [0.717, 1.165) is 19.0 Å². The summed E-state index contributed by atoms with van der Waals surface area (Å²) in [6, 6.07) is 0. The molecule has 3 heteroatoms. The molecule has 0 N–H and O–H groups in total. The Kier molecular flexibility index (Phi) is 3.97. The van der Waals surface area contributed by atoms with E-state index < -0.39 is 5.34 Å². The summed E-state index contributed by atoms with van der Waals surface area (Å²) in [5, 5.41) is -0.642. The van der Waals surface area contributed by atoms with E-state index in [-0.39, 0.29) is 0 Å². The van der Waals surface area contributed by atoms with Gasteiger partial charge in [0.2, 0.25) is 0 Å². The highest BCUT2D eigenvalue weighted by Gasteiger charge is 2.29. The second kappa shape index (κ2) is 4.53. The van der Waals surface area contributed by atoms with Gasteiger partial charge in [0.15, 0.2) is 0 Å². The lowest BCUT2D eigenvalue weighted by atomic mass is 9.61. The fourth-order valence-corrected chi connectivity index (χ4v) is 2.54. The highest BCUT2D eigenvalue weighted by atomic mass is 15.2. The van der Waals surface area contributed by atoms with Crippen LogP contribution in [0.15, 0.2) is 0 Å². The van der Waals surface area contributed by atoms with Crippen LogP contribution in [0.3, 0.4) is 0 Å². The Morgan fingerprint density at radius 2 is 1.80 bits per heavy atom. The smallest absolute Gasteiger partial charge is 0.0820 e. The van der Waals surface area contributed by atoms with Crippen molar-refractivity contribution in [1.82, 2.24) is 4.90 Å². The number of piperidine rings is 1. The summed E-state index contributed by atoms with van der Waals surface area (Å²) < 4.78 is 0. The second-order valence-electron chi connectivity index (χ2n) is 6.44. The van der Waals surface area contributed by atoms with Crippen LogP contribution in [0.5, 0.6) is 0 Å². The van der Waals surface area contributed by atoms with E-state index in [2.05, 4.69) is 25.7 Å². The van der Waals surface area contributed by atoms with E-state index in [1.54, 1.807) is 0 Å².